The molecule has 0 unspecified atom stereocenters. The average molecular weight is 256 g/mol. The molecule has 0 fully saturated rings. The molecule has 0 aliphatic heterocycles. The summed E-state index contributed by atoms with van der Waals surface area (Å²) in [4.78, 5) is 11.1. The molecule has 0 saturated heterocycles. The summed E-state index contributed by atoms with van der Waals surface area (Å²) in [6, 6.07) is 0.935. The monoisotopic (exact) mass is 255 g/mol. The van der Waals surface area contributed by atoms with Crippen molar-refractivity contribution >= 4 is 15.9 Å². The number of rotatable bonds is 2. The van der Waals surface area contributed by atoms with E-state index in [0.717, 1.165) is 12.3 Å². The normalized spacial score (nSPS) is 10.8. The van der Waals surface area contributed by atoms with Crippen molar-refractivity contribution in [1.29, 1.82) is 0 Å². The van der Waals surface area contributed by atoms with Gasteiger partial charge >= 0.3 is 0 Å². The number of alkyl halides is 2. The first-order valence-corrected chi connectivity index (χ1v) is 4.13. The molecule has 1 aromatic rings. The lowest BCUT2D eigenvalue weighted by Gasteiger charge is -2.04. The van der Waals surface area contributed by atoms with Gasteiger partial charge in [-0.15, -0.1) is 0 Å². The Morgan fingerprint density at radius 1 is 1.54 bits per heavy atom. The molecule has 0 aromatic carbocycles. The van der Waals surface area contributed by atoms with E-state index in [4.69, 9.17) is 0 Å². The predicted octanol–water partition coefficient (Wildman–Crippen LogP) is 2.01. The van der Waals surface area contributed by atoms with Gasteiger partial charge in [0.05, 0.1) is 11.0 Å². The minimum absolute atomic E-state index is 0.0619. The maximum atomic E-state index is 12.6. The summed E-state index contributed by atoms with van der Waals surface area (Å²) in [7, 11) is 0. The summed E-state index contributed by atoms with van der Waals surface area (Å²) in [6.07, 6.45) is -1.93. The Hall–Kier alpha value is -0.780. The molecule has 0 bridgehead atoms. The van der Waals surface area contributed by atoms with E-state index in [9.17, 15) is 18.0 Å². The van der Waals surface area contributed by atoms with Crippen LogP contribution in [0, 0.1) is 5.82 Å². The fourth-order valence-corrected chi connectivity index (χ4v) is 1.30. The van der Waals surface area contributed by atoms with Crippen molar-refractivity contribution in [3.05, 3.63) is 32.9 Å². The van der Waals surface area contributed by atoms with E-state index in [2.05, 4.69) is 15.9 Å². The van der Waals surface area contributed by atoms with Gasteiger partial charge < -0.3 is 4.57 Å². The molecule has 1 heterocycles. The number of nitrogens with zero attached hydrogens (tertiary/aromatic N) is 1. The molecule has 0 amide bonds. The lowest BCUT2D eigenvalue weighted by atomic mass is 10.4. The van der Waals surface area contributed by atoms with E-state index < -0.39 is 24.3 Å². The lowest BCUT2D eigenvalue weighted by Crippen LogP contribution is -2.23. The molecule has 6 heteroatoms. The highest BCUT2D eigenvalue weighted by molar-refractivity contribution is 9.10. The Kier molecular flexibility index (Phi) is 3.13. The van der Waals surface area contributed by atoms with Crippen LogP contribution in [-0.2, 0) is 6.54 Å². The van der Waals surface area contributed by atoms with Crippen LogP contribution in [0.15, 0.2) is 21.5 Å². The highest BCUT2D eigenvalue weighted by Gasteiger charge is 2.08. The lowest BCUT2D eigenvalue weighted by molar-refractivity contribution is 0.124. The standard InChI is InChI=1S/C7H5BrF3NO/c8-5-1-4(9)2-12(7(5)13)3-6(10)11/h1-2,6H,3H2. The largest absolute Gasteiger partial charge is 0.306 e. The maximum absolute atomic E-state index is 12.6. The summed E-state index contributed by atoms with van der Waals surface area (Å²) >= 11 is 2.77. The Bertz CT molecular complexity index is 363. The first kappa shape index (κ1) is 10.3. The molecule has 0 atom stereocenters. The summed E-state index contributed by atoms with van der Waals surface area (Å²) in [6.45, 7) is -0.796. The third-order valence-corrected chi connectivity index (χ3v) is 1.91. The second-order valence-electron chi connectivity index (χ2n) is 2.35. The van der Waals surface area contributed by atoms with Gasteiger partial charge in [-0.1, -0.05) is 0 Å². The van der Waals surface area contributed by atoms with Gasteiger partial charge in [0.15, 0.2) is 0 Å². The Balaban J connectivity index is 3.13. The molecule has 0 aliphatic rings. The third kappa shape index (κ3) is 2.58. The highest BCUT2D eigenvalue weighted by Crippen LogP contribution is 2.06. The fraction of sp³-hybridized carbons (Fsp3) is 0.286. The summed E-state index contributed by atoms with van der Waals surface area (Å²) in [5.41, 5.74) is -0.665. The Morgan fingerprint density at radius 3 is 2.69 bits per heavy atom. The molecule has 72 valence electrons. The highest BCUT2D eigenvalue weighted by atomic mass is 79.9. The second-order valence-corrected chi connectivity index (χ2v) is 3.21. The number of hydrogen-bond donors (Lipinski definition) is 0. The van der Waals surface area contributed by atoms with E-state index in [1.165, 1.54) is 0 Å². The van der Waals surface area contributed by atoms with Gasteiger partial charge in [-0.2, -0.15) is 0 Å². The third-order valence-electron chi connectivity index (χ3n) is 1.34. The van der Waals surface area contributed by atoms with E-state index in [1.807, 2.05) is 0 Å². The number of hydrogen-bond acceptors (Lipinski definition) is 1. The number of halogens is 4. The van der Waals surface area contributed by atoms with E-state index in [0.29, 0.717) is 4.57 Å². The van der Waals surface area contributed by atoms with Gasteiger partial charge in [0.2, 0.25) is 0 Å². The van der Waals surface area contributed by atoms with E-state index in [-0.39, 0.29) is 4.47 Å². The van der Waals surface area contributed by atoms with Crippen LogP contribution in [0.5, 0.6) is 0 Å². The van der Waals surface area contributed by atoms with Gasteiger partial charge in [0.25, 0.3) is 12.0 Å². The van der Waals surface area contributed by atoms with Gasteiger partial charge in [0, 0.05) is 6.20 Å². The molecule has 13 heavy (non-hydrogen) atoms. The smallest absolute Gasteiger partial charge is 0.265 e. The van der Waals surface area contributed by atoms with Crippen molar-refractivity contribution in [2.75, 3.05) is 0 Å². The summed E-state index contributed by atoms with van der Waals surface area (Å²) in [5.74, 6) is -0.730. The van der Waals surface area contributed by atoms with Gasteiger partial charge in [-0.05, 0) is 22.0 Å². The van der Waals surface area contributed by atoms with Crippen LogP contribution in [-0.4, -0.2) is 11.0 Å². The number of pyridine rings is 1. The zero-order chi connectivity index (χ0) is 10.0. The van der Waals surface area contributed by atoms with E-state index in [1.54, 1.807) is 0 Å². The van der Waals surface area contributed by atoms with Crippen molar-refractivity contribution in [2.24, 2.45) is 0 Å². The minimum atomic E-state index is -2.67. The fourth-order valence-electron chi connectivity index (χ4n) is 0.849. The quantitative estimate of drug-likeness (QED) is 0.793. The zero-order valence-corrected chi connectivity index (χ0v) is 7.89. The molecule has 0 saturated carbocycles. The molecule has 0 radical (unpaired) electrons. The first-order chi connectivity index (χ1) is 6.00. The molecule has 1 aromatic heterocycles. The molecule has 0 N–H and O–H groups in total. The van der Waals surface area contributed by atoms with Gasteiger partial charge in [0.1, 0.15) is 5.82 Å². The van der Waals surface area contributed by atoms with Crippen molar-refractivity contribution in [1.82, 2.24) is 4.57 Å². The number of aromatic nitrogens is 1. The van der Waals surface area contributed by atoms with Crippen molar-refractivity contribution in [3.8, 4) is 0 Å². The maximum Gasteiger partial charge on any atom is 0.265 e. The second kappa shape index (κ2) is 3.95. The molecular formula is C7H5BrF3NO. The predicted molar refractivity (Wildman–Crippen MR) is 44.4 cm³/mol. The molecule has 0 spiro atoms. The topological polar surface area (TPSA) is 22.0 Å². The van der Waals surface area contributed by atoms with Crippen LogP contribution in [0.25, 0.3) is 0 Å². The van der Waals surface area contributed by atoms with Crippen molar-refractivity contribution in [2.45, 2.75) is 13.0 Å². The van der Waals surface area contributed by atoms with Crippen LogP contribution < -0.4 is 5.56 Å². The minimum Gasteiger partial charge on any atom is -0.306 e. The van der Waals surface area contributed by atoms with E-state index >= 15 is 0 Å². The average Bonchev–Trinajstić information content (AvgIpc) is 1.98. The molecule has 2 nitrogen and oxygen atoms in total. The Morgan fingerprint density at radius 2 is 2.15 bits per heavy atom. The van der Waals surface area contributed by atoms with Crippen LogP contribution in [0.4, 0.5) is 13.2 Å². The van der Waals surface area contributed by atoms with Crippen LogP contribution in [0.1, 0.15) is 0 Å². The Labute approximate surface area is 80.1 Å². The molecule has 1 rings (SSSR count). The van der Waals surface area contributed by atoms with Gasteiger partial charge in [-0.3, -0.25) is 4.79 Å². The first-order valence-electron chi connectivity index (χ1n) is 3.34. The summed E-state index contributed by atoms with van der Waals surface area (Å²) in [5, 5.41) is 0. The van der Waals surface area contributed by atoms with Crippen LogP contribution in [0.2, 0.25) is 0 Å². The summed E-state index contributed by atoms with van der Waals surface area (Å²) < 4.78 is 36.9. The van der Waals surface area contributed by atoms with Crippen molar-refractivity contribution < 1.29 is 13.2 Å². The SMILES string of the molecule is O=c1c(Br)cc(F)cn1CC(F)F. The van der Waals surface area contributed by atoms with Crippen LogP contribution in [0.3, 0.4) is 0 Å². The molecular weight excluding hydrogens is 251 g/mol. The molecule has 0 aliphatic carbocycles. The van der Waals surface area contributed by atoms with Crippen molar-refractivity contribution in [3.63, 3.8) is 0 Å². The van der Waals surface area contributed by atoms with Crippen LogP contribution >= 0.6 is 15.9 Å². The zero-order valence-electron chi connectivity index (χ0n) is 6.31. The van der Waals surface area contributed by atoms with Gasteiger partial charge in [-0.25, -0.2) is 13.2 Å².